The van der Waals surface area contributed by atoms with Gasteiger partial charge in [0.2, 0.25) is 0 Å². The van der Waals surface area contributed by atoms with E-state index in [9.17, 15) is 30.0 Å². The molecule has 188 valence electrons. The maximum Gasteiger partial charge on any atom is 0.434 e. The van der Waals surface area contributed by atoms with Crippen LogP contribution in [-0.2, 0) is 13.1 Å². The summed E-state index contributed by atoms with van der Waals surface area (Å²) in [6, 6.07) is -1.54. The molecular weight excluding hydrogens is 495 g/mol. The second kappa shape index (κ2) is 11.4. The van der Waals surface area contributed by atoms with Crippen molar-refractivity contribution in [2.45, 2.75) is 76.5 Å². The van der Waals surface area contributed by atoms with Gasteiger partial charge in [-0.05, 0) is 51.4 Å². The molecule has 2 aromatic rings. The van der Waals surface area contributed by atoms with Crippen LogP contribution in [-0.4, -0.2) is 50.8 Å². The van der Waals surface area contributed by atoms with Gasteiger partial charge in [0.05, 0.1) is 22.8 Å². The van der Waals surface area contributed by atoms with Gasteiger partial charge in [0, 0.05) is 0 Å². The number of rotatable bonds is 10. The average molecular weight is 521 g/mol. The first-order valence-corrected chi connectivity index (χ1v) is 10.7. The van der Waals surface area contributed by atoms with Crippen molar-refractivity contribution >= 4 is 35.1 Å². The van der Waals surface area contributed by atoms with Crippen molar-refractivity contribution in [2.75, 3.05) is 0 Å². The monoisotopic (exact) mass is 520 g/mol. The third kappa shape index (κ3) is 7.52. The number of aryl methyl sites for hydroxylation is 2. The molecule has 2 atom stereocenters. The van der Waals surface area contributed by atoms with Gasteiger partial charge in [0.15, 0.2) is 0 Å². The maximum atomic E-state index is 10.7. The summed E-state index contributed by atoms with van der Waals surface area (Å²) < 4.78 is 2.66. The molecule has 0 radical (unpaired) electrons. The van der Waals surface area contributed by atoms with Crippen molar-refractivity contribution in [1.29, 1.82) is 0 Å². The summed E-state index contributed by atoms with van der Waals surface area (Å²) in [4.78, 5) is 47.3. The SMILES string of the molecule is Cc1cnc([N+](=O)[O-])n1CC(N=O)C(C)(C)Cl.Cc1cnc([N+](=O)[O-])n1CC(N=O)C(C)(C)Cl. The zero-order valence-electron chi connectivity index (χ0n) is 19.5. The summed E-state index contributed by atoms with van der Waals surface area (Å²) in [6.07, 6.45) is 2.75. The summed E-state index contributed by atoms with van der Waals surface area (Å²) in [7, 11) is 0. The van der Waals surface area contributed by atoms with E-state index in [0.29, 0.717) is 11.4 Å². The fourth-order valence-corrected chi connectivity index (χ4v) is 2.95. The summed E-state index contributed by atoms with van der Waals surface area (Å²) in [5.41, 5.74) is 1.18. The van der Waals surface area contributed by atoms with E-state index in [1.165, 1.54) is 21.5 Å². The van der Waals surface area contributed by atoms with Crippen LogP contribution in [0.4, 0.5) is 11.9 Å². The van der Waals surface area contributed by atoms with Crippen LogP contribution in [0.1, 0.15) is 39.1 Å². The molecular formula is C18H26Cl2N8O6. The topological polar surface area (TPSA) is 181 Å². The minimum Gasteiger partial charge on any atom is -0.390 e. The van der Waals surface area contributed by atoms with Crippen LogP contribution in [0.3, 0.4) is 0 Å². The fraction of sp³-hybridized carbons (Fsp3) is 0.667. The summed E-state index contributed by atoms with van der Waals surface area (Å²) in [5.74, 6) is -0.617. The Bertz CT molecular complexity index is 958. The Morgan fingerprint density at radius 3 is 1.35 bits per heavy atom. The van der Waals surface area contributed by atoms with Crippen LogP contribution in [0, 0.1) is 43.9 Å². The van der Waals surface area contributed by atoms with Gasteiger partial charge in [0.1, 0.15) is 35.9 Å². The molecule has 0 aliphatic carbocycles. The Kier molecular flexibility index (Phi) is 9.75. The van der Waals surface area contributed by atoms with Crippen molar-refractivity contribution in [3.05, 3.63) is 53.8 Å². The molecule has 2 unspecified atom stereocenters. The molecule has 2 aromatic heterocycles. The van der Waals surface area contributed by atoms with Gasteiger partial charge in [-0.1, -0.05) is 20.3 Å². The highest BCUT2D eigenvalue weighted by molar-refractivity contribution is 6.24. The first-order valence-electron chi connectivity index (χ1n) is 9.90. The Balaban J connectivity index is 0.000000340. The summed E-state index contributed by atoms with van der Waals surface area (Å²) >= 11 is 12.0. The first kappa shape index (κ1) is 29.0. The summed E-state index contributed by atoms with van der Waals surface area (Å²) in [6.45, 7) is 9.98. The molecule has 2 heterocycles. The quantitative estimate of drug-likeness (QED) is 0.189. The molecule has 0 aliphatic rings. The predicted octanol–water partition coefficient (Wildman–Crippen LogP) is 4.50. The van der Waals surface area contributed by atoms with Crippen molar-refractivity contribution in [3.8, 4) is 0 Å². The van der Waals surface area contributed by atoms with Gasteiger partial charge in [-0.2, -0.15) is 9.81 Å². The van der Waals surface area contributed by atoms with Crippen molar-refractivity contribution in [1.82, 2.24) is 19.1 Å². The minimum absolute atomic E-state index is 0.0438. The van der Waals surface area contributed by atoms with Crippen LogP contribution in [0.25, 0.3) is 0 Å². The van der Waals surface area contributed by atoms with E-state index in [2.05, 4.69) is 20.3 Å². The van der Waals surface area contributed by atoms with E-state index < -0.39 is 31.7 Å². The normalized spacial score (nSPS) is 13.4. The molecule has 0 amide bonds. The lowest BCUT2D eigenvalue weighted by molar-refractivity contribution is -0.397. The van der Waals surface area contributed by atoms with Crippen LogP contribution in [0.2, 0.25) is 0 Å². The maximum absolute atomic E-state index is 10.7. The van der Waals surface area contributed by atoms with Gasteiger partial charge < -0.3 is 20.2 Å². The third-order valence-corrected chi connectivity index (χ3v) is 5.45. The third-order valence-electron chi connectivity index (χ3n) is 4.94. The highest BCUT2D eigenvalue weighted by atomic mass is 35.5. The van der Waals surface area contributed by atoms with E-state index in [-0.39, 0.29) is 25.0 Å². The van der Waals surface area contributed by atoms with Crippen LogP contribution < -0.4 is 0 Å². The lowest BCUT2D eigenvalue weighted by Crippen LogP contribution is -2.33. The Labute approximate surface area is 204 Å². The smallest absolute Gasteiger partial charge is 0.390 e. The van der Waals surface area contributed by atoms with E-state index in [0.717, 1.165) is 0 Å². The lowest BCUT2D eigenvalue weighted by Gasteiger charge is -2.21. The molecule has 0 aromatic carbocycles. The molecule has 0 N–H and O–H groups in total. The first-order chi connectivity index (χ1) is 15.5. The Morgan fingerprint density at radius 2 is 1.15 bits per heavy atom. The number of nitrogens with zero attached hydrogens (tertiary/aromatic N) is 8. The molecule has 0 saturated carbocycles. The van der Waals surface area contributed by atoms with Crippen molar-refractivity contribution in [2.24, 2.45) is 10.4 Å². The Hall–Kier alpha value is -3.00. The zero-order chi connectivity index (χ0) is 26.4. The Morgan fingerprint density at radius 1 is 0.853 bits per heavy atom. The molecule has 0 spiro atoms. The van der Waals surface area contributed by atoms with E-state index in [4.69, 9.17) is 23.2 Å². The highest BCUT2D eigenvalue weighted by Gasteiger charge is 2.33. The molecule has 16 heteroatoms. The minimum atomic E-state index is -0.869. The molecule has 34 heavy (non-hydrogen) atoms. The molecule has 0 fully saturated rings. The number of alkyl halides is 2. The highest BCUT2D eigenvalue weighted by Crippen LogP contribution is 2.26. The van der Waals surface area contributed by atoms with E-state index in [1.807, 2.05) is 0 Å². The fourth-order valence-electron chi connectivity index (χ4n) is 2.74. The van der Waals surface area contributed by atoms with Gasteiger partial charge in [-0.3, -0.25) is 0 Å². The number of aromatic nitrogens is 4. The number of nitro groups is 2. The lowest BCUT2D eigenvalue weighted by atomic mass is 10.0. The number of hydrogen-bond acceptors (Lipinski definition) is 10. The molecule has 2 rings (SSSR count). The largest absolute Gasteiger partial charge is 0.434 e. The standard InChI is InChI=1S/2C9H13ClN4O3/c2*1-6-4-11-8(14(16)17)13(6)5-7(12-15)9(2,3)10/h2*4,7H,5H2,1-3H3. The average Bonchev–Trinajstić information content (AvgIpc) is 3.25. The second-order valence-electron chi connectivity index (χ2n) is 8.51. The van der Waals surface area contributed by atoms with Gasteiger partial charge in [-0.15, -0.1) is 23.2 Å². The van der Waals surface area contributed by atoms with Crippen LogP contribution >= 0.6 is 23.2 Å². The number of halogens is 2. The van der Waals surface area contributed by atoms with E-state index >= 15 is 0 Å². The van der Waals surface area contributed by atoms with Crippen LogP contribution in [0.15, 0.2) is 22.7 Å². The van der Waals surface area contributed by atoms with Crippen molar-refractivity contribution < 1.29 is 9.85 Å². The zero-order valence-corrected chi connectivity index (χ0v) is 21.0. The second-order valence-corrected chi connectivity index (χ2v) is 10.5. The molecule has 0 aliphatic heterocycles. The van der Waals surface area contributed by atoms with Gasteiger partial charge >= 0.3 is 11.9 Å². The van der Waals surface area contributed by atoms with E-state index in [1.54, 1.807) is 41.5 Å². The number of hydrogen-bond donors (Lipinski definition) is 0. The number of imidazole rings is 2. The number of nitroso groups, excluding NO2 is 2. The van der Waals surface area contributed by atoms with Crippen LogP contribution in [0.5, 0.6) is 0 Å². The molecule has 0 saturated heterocycles. The van der Waals surface area contributed by atoms with Crippen molar-refractivity contribution in [3.63, 3.8) is 0 Å². The molecule has 14 nitrogen and oxygen atoms in total. The molecule has 0 bridgehead atoms. The summed E-state index contributed by atoms with van der Waals surface area (Å²) in [5, 5.41) is 27.3. The van der Waals surface area contributed by atoms with Gasteiger partial charge in [-0.25, -0.2) is 9.13 Å². The predicted molar refractivity (Wildman–Crippen MR) is 126 cm³/mol. The van der Waals surface area contributed by atoms with Gasteiger partial charge in [0.25, 0.3) is 0 Å².